The third-order valence-electron chi connectivity index (χ3n) is 3.83. The third-order valence-corrected chi connectivity index (χ3v) is 3.83. The second-order valence-electron chi connectivity index (χ2n) is 5.67. The van der Waals surface area contributed by atoms with Crippen LogP contribution in [0.4, 0.5) is 0 Å². The van der Waals surface area contributed by atoms with Crippen LogP contribution in [0.15, 0.2) is 54.6 Å². The van der Waals surface area contributed by atoms with E-state index in [4.69, 9.17) is 14.2 Å². The van der Waals surface area contributed by atoms with Crippen LogP contribution in [-0.4, -0.2) is 19.0 Å². The number of rotatable bonds is 4. The molecule has 0 fully saturated rings. The molecule has 0 radical (unpaired) electrons. The Morgan fingerprint density at radius 1 is 0.692 bits per heavy atom. The van der Waals surface area contributed by atoms with E-state index in [-0.39, 0.29) is 0 Å². The minimum absolute atomic E-state index is 0.297. The van der Waals surface area contributed by atoms with Gasteiger partial charge in [-0.1, -0.05) is 54.6 Å². The van der Waals surface area contributed by atoms with Gasteiger partial charge >= 0.3 is 11.9 Å². The summed E-state index contributed by atoms with van der Waals surface area (Å²) >= 11 is 0. The lowest BCUT2D eigenvalue weighted by atomic mass is 9.97. The Hall–Kier alpha value is -3.34. The average molecular weight is 350 g/mol. The molecule has 0 aliphatic heterocycles. The van der Waals surface area contributed by atoms with Crippen molar-refractivity contribution in [3.05, 3.63) is 54.6 Å². The number of carbonyl (C=O) groups is 2. The molecule has 0 heterocycles. The van der Waals surface area contributed by atoms with Crippen LogP contribution in [-0.2, 0) is 9.59 Å². The van der Waals surface area contributed by atoms with Gasteiger partial charge in [-0.2, -0.15) is 0 Å². The molecule has 5 nitrogen and oxygen atoms in total. The van der Waals surface area contributed by atoms with Crippen LogP contribution in [0.3, 0.4) is 0 Å². The van der Waals surface area contributed by atoms with Crippen molar-refractivity contribution in [3.8, 4) is 28.4 Å². The van der Waals surface area contributed by atoms with Crippen molar-refractivity contribution >= 4 is 22.7 Å². The molecule has 0 spiro atoms. The monoisotopic (exact) mass is 350 g/mol. The highest BCUT2D eigenvalue weighted by molar-refractivity contribution is 6.05. The first-order chi connectivity index (χ1) is 12.5. The Balaban J connectivity index is 2.48. The summed E-state index contributed by atoms with van der Waals surface area (Å²) in [6, 6.07) is 16.6. The number of hydrogen-bond acceptors (Lipinski definition) is 5. The highest BCUT2D eigenvalue weighted by atomic mass is 16.6. The van der Waals surface area contributed by atoms with Crippen molar-refractivity contribution in [2.24, 2.45) is 0 Å². The van der Waals surface area contributed by atoms with Gasteiger partial charge in [0.1, 0.15) is 0 Å². The average Bonchev–Trinajstić information content (AvgIpc) is 2.63. The van der Waals surface area contributed by atoms with Crippen molar-refractivity contribution in [2.45, 2.75) is 13.8 Å². The Bertz CT molecular complexity index is 977. The lowest BCUT2D eigenvalue weighted by Gasteiger charge is -2.20. The summed E-state index contributed by atoms with van der Waals surface area (Å²) in [5, 5.41) is 1.27. The first-order valence-electron chi connectivity index (χ1n) is 8.08. The zero-order chi connectivity index (χ0) is 18.7. The predicted molar refractivity (Wildman–Crippen MR) is 98.6 cm³/mol. The van der Waals surface area contributed by atoms with Crippen LogP contribution in [0.5, 0.6) is 17.2 Å². The SMILES string of the molecule is COc1c(-c2ccccc2)c(OC(C)=O)c2ccccc2c1OC(C)=O. The lowest BCUT2D eigenvalue weighted by Crippen LogP contribution is -2.08. The van der Waals surface area contributed by atoms with Crippen molar-refractivity contribution < 1.29 is 23.8 Å². The van der Waals surface area contributed by atoms with E-state index in [2.05, 4.69) is 0 Å². The standard InChI is InChI=1S/C21H18O5/c1-13(22)25-19-16-11-7-8-12-17(16)20(26-14(2)23)21(24-3)18(19)15-9-5-4-6-10-15/h4-12H,1-3H3. The summed E-state index contributed by atoms with van der Waals surface area (Å²) in [6.07, 6.45) is 0. The van der Waals surface area contributed by atoms with E-state index >= 15 is 0 Å². The van der Waals surface area contributed by atoms with E-state index in [1.54, 1.807) is 6.07 Å². The van der Waals surface area contributed by atoms with Crippen molar-refractivity contribution in [1.82, 2.24) is 0 Å². The van der Waals surface area contributed by atoms with Crippen LogP contribution in [0.25, 0.3) is 21.9 Å². The zero-order valence-electron chi connectivity index (χ0n) is 14.7. The van der Waals surface area contributed by atoms with Crippen molar-refractivity contribution in [3.63, 3.8) is 0 Å². The highest BCUT2D eigenvalue weighted by Gasteiger charge is 2.25. The topological polar surface area (TPSA) is 61.8 Å². The molecular weight excluding hydrogens is 332 g/mol. The number of fused-ring (bicyclic) bond motifs is 1. The molecule has 26 heavy (non-hydrogen) atoms. The first kappa shape index (κ1) is 17.5. The van der Waals surface area contributed by atoms with Crippen molar-refractivity contribution in [2.75, 3.05) is 7.11 Å². The summed E-state index contributed by atoms with van der Waals surface area (Å²) < 4.78 is 16.6. The van der Waals surface area contributed by atoms with E-state index < -0.39 is 11.9 Å². The number of esters is 2. The summed E-state index contributed by atoms with van der Waals surface area (Å²) in [4.78, 5) is 23.4. The minimum Gasteiger partial charge on any atom is -0.492 e. The molecule has 0 bridgehead atoms. The van der Waals surface area contributed by atoms with Gasteiger partial charge in [-0.15, -0.1) is 0 Å². The van der Waals surface area contributed by atoms with Gasteiger partial charge in [0.05, 0.1) is 12.7 Å². The fourth-order valence-corrected chi connectivity index (χ4v) is 2.91. The summed E-state index contributed by atoms with van der Waals surface area (Å²) in [6.45, 7) is 2.67. The molecule has 3 aromatic rings. The Morgan fingerprint density at radius 2 is 1.19 bits per heavy atom. The van der Waals surface area contributed by atoms with Gasteiger partial charge in [0.25, 0.3) is 0 Å². The van der Waals surface area contributed by atoms with Gasteiger partial charge < -0.3 is 14.2 Å². The number of hydrogen-bond donors (Lipinski definition) is 0. The molecule has 5 heteroatoms. The molecule has 3 rings (SSSR count). The summed E-state index contributed by atoms with van der Waals surface area (Å²) in [7, 11) is 1.49. The maximum atomic E-state index is 11.8. The molecule has 3 aromatic carbocycles. The van der Waals surface area contributed by atoms with Gasteiger partial charge in [0.15, 0.2) is 17.2 Å². The van der Waals surface area contributed by atoms with E-state index in [1.807, 2.05) is 48.5 Å². The van der Waals surface area contributed by atoms with Crippen LogP contribution >= 0.6 is 0 Å². The Kier molecular flexibility index (Phi) is 4.89. The summed E-state index contributed by atoms with van der Waals surface area (Å²) in [5.74, 6) is 0.0843. The lowest BCUT2D eigenvalue weighted by molar-refractivity contribution is -0.133. The van der Waals surface area contributed by atoms with E-state index in [0.717, 1.165) is 5.56 Å². The molecule has 0 saturated carbocycles. The smallest absolute Gasteiger partial charge is 0.308 e. The van der Waals surface area contributed by atoms with E-state index in [0.29, 0.717) is 33.6 Å². The number of methoxy groups -OCH3 is 1. The highest BCUT2D eigenvalue weighted by Crippen LogP contribution is 2.50. The first-order valence-corrected chi connectivity index (χ1v) is 8.08. The molecule has 0 atom stereocenters. The van der Waals surface area contributed by atoms with Crippen LogP contribution in [0.2, 0.25) is 0 Å². The van der Waals surface area contributed by atoms with E-state index in [9.17, 15) is 9.59 Å². The molecule has 0 unspecified atom stereocenters. The molecule has 0 aliphatic carbocycles. The van der Waals surface area contributed by atoms with Gasteiger partial charge in [0, 0.05) is 24.6 Å². The van der Waals surface area contributed by atoms with Crippen molar-refractivity contribution in [1.29, 1.82) is 0 Å². The fourth-order valence-electron chi connectivity index (χ4n) is 2.91. The molecule has 0 saturated heterocycles. The summed E-state index contributed by atoms with van der Waals surface area (Å²) in [5.41, 5.74) is 1.33. The molecule has 0 N–H and O–H groups in total. The maximum absolute atomic E-state index is 11.8. The zero-order valence-corrected chi connectivity index (χ0v) is 14.7. The third kappa shape index (κ3) is 3.24. The largest absolute Gasteiger partial charge is 0.492 e. The molecule has 0 amide bonds. The van der Waals surface area contributed by atoms with Crippen LogP contribution in [0.1, 0.15) is 13.8 Å². The minimum atomic E-state index is -0.465. The second kappa shape index (κ2) is 7.27. The quantitative estimate of drug-likeness (QED) is 0.517. The molecule has 132 valence electrons. The van der Waals surface area contributed by atoms with Gasteiger partial charge in [-0.05, 0) is 5.56 Å². The van der Waals surface area contributed by atoms with Crippen LogP contribution in [0, 0.1) is 0 Å². The number of ether oxygens (including phenoxy) is 3. The van der Waals surface area contributed by atoms with Gasteiger partial charge in [-0.25, -0.2) is 0 Å². The van der Waals surface area contributed by atoms with Gasteiger partial charge in [0.2, 0.25) is 0 Å². The fraction of sp³-hybridized carbons (Fsp3) is 0.143. The predicted octanol–water partition coefficient (Wildman–Crippen LogP) is 4.37. The maximum Gasteiger partial charge on any atom is 0.308 e. The van der Waals surface area contributed by atoms with Gasteiger partial charge in [-0.3, -0.25) is 9.59 Å². The molecule has 0 aliphatic rings. The number of benzene rings is 3. The Labute approximate surface area is 151 Å². The Morgan fingerprint density at radius 3 is 1.73 bits per heavy atom. The molecule has 0 aromatic heterocycles. The van der Waals surface area contributed by atoms with Crippen LogP contribution < -0.4 is 14.2 Å². The molecular formula is C21H18O5. The van der Waals surface area contributed by atoms with E-state index in [1.165, 1.54) is 21.0 Å². The normalized spacial score (nSPS) is 10.4. The number of carbonyl (C=O) groups excluding carboxylic acids is 2. The second-order valence-corrected chi connectivity index (χ2v) is 5.67.